The largest absolute Gasteiger partial charge is 0.392 e. The van der Waals surface area contributed by atoms with E-state index in [4.69, 9.17) is 0 Å². The second-order valence-corrected chi connectivity index (χ2v) is 8.03. The van der Waals surface area contributed by atoms with Gasteiger partial charge in [0.1, 0.15) is 5.69 Å². The summed E-state index contributed by atoms with van der Waals surface area (Å²) in [4.78, 5) is 17.0. The Morgan fingerprint density at radius 2 is 1.87 bits per heavy atom. The summed E-state index contributed by atoms with van der Waals surface area (Å²) in [5.41, 5.74) is 3.28. The molecule has 0 saturated heterocycles. The number of anilines is 1. The lowest BCUT2D eigenvalue weighted by Crippen LogP contribution is -2.21. The molecule has 1 amide bonds. The number of amides is 1. The van der Waals surface area contributed by atoms with Gasteiger partial charge in [-0.3, -0.25) is 4.79 Å². The van der Waals surface area contributed by atoms with Gasteiger partial charge in [-0.05, 0) is 62.7 Å². The number of hydrogen-bond donors (Lipinski definition) is 3. The first-order valence-electron chi connectivity index (χ1n) is 9.96. The number of pyridine rings is 1. The van der Waals surface area contributed by atoms with Gasteiger partial charge in [0.05, 0.1) is 23.4 Å². The van der Waals surface area contributed by atoms with Gasteiger partial charge in [-0.25, -0.2) is 9.67 Å². The predicted molar refractivity (Wildman–Crippen MR) is 119 cm³/mol. The summed E-state index contributed by atoms with van der Waals surface area (Å²) in [6, 6.07) is 16.3. The van der Waals surface area contributed by atoms with Crippen LogP contribution in [0.15, 0.2) is 60.8 Å². The summed E-state index contributed by atoms with van der Waals surface area (Å²) in [6.45, 7) is 5.14. The molecule has 158 valence electrons. The van der Waals surface area contributed by atoms with Gasteiger partial charge in [0.25, 0.3) is 5.91 Å². The minimum atomic E-state index is -1.19. The fourth-order valence-electron chi connectivity index (χ4n) is 3.42. The van der Waals surface area contributed by atoms with Crippen molar-refractivity contribution in [2.45, 2.75) is 33.0 Å². The summed E-state index contributed by atoms with van der Waals surface area (Å²) in [6.07, 6.45) is 1.86. The summed E-state index contributed by atoms with van der Waals surface area (Å²) in [5.74, 6) is -0.347. The molecule has 0 bridgehead atoms. The number of aryl methyl sites for hydroxylation is 1. The van der Waals surface area contributed by atoms with E-state index in [-0.39, 0.29) is 12.5 Å². The van der Waals surface area contributed by atoms with E-state index in [0.717, 1.165) is 22.3 Å². The van der Waals surface area contributed by atoms with E-state index >= 15 is 0 Å². The van der Waals surface area contributed by atoms with E-state index < -0.39 is 5.60 Å². The first kappa shape index (κ1) is 20.7. The number of fused-ring (bicyclic) bond motifs is 1. The number of hydrogen-bond acceptors (Lipinski definition) is 5. The van der Waals surface area contributed by atoms with Crippen LogP contribution >= 0.6 is 0 Å². The highest BCUT2D eigenvalue weighted by Gasteiger charge is 2.23. The highest BCUT2D eigenvalue weighted by molar-refractivity contribution is 6.04. The van der Waals surface area contributed by atoms with Crippen LogP contribution in [-0.2, 0) is 12.2 Å². The topological polar surface area (TPSA) is 100 Å². The fraction of sp³-hybridized carbons (Fsp3) is 0.208. The van der Waals surface area contributed by atoms with Crippen LogP contribution in [0.5, 0.6) is 0 Å². The van der Waals surface area contributed by atoms with Crippen LogP contribution in [0.4, 0.5) is 5.69 Å². The van der Waals surface area contributed by atoms with Gasteiger partial charge in [-0.1, -0.05) is 18.2 Å². The molecule has 7 nitrogen and oxygen atoms in total. The van der Waals surface area contributed by atoms with Gasteiger partial charge in [0.2, 0.25) is 0 Å². The number of carbonyl (C=O) groups is 1. The molecule has 0 radical (unpaired) electrons. The van der Waals surface area contributed by atoms with Gasteiger partial charge in [0, 0.05) is 28.5 Å². The van der Waals surface area contributed by atoms with Crippen molar-refractivity contribution in [3.63, 3.8) is 0 Å². The number of nitrogens with zero attached hydrogens (tertiary/aromatic N) is 3. The van der Waals surface area contributed by atoms with Crippen LogP contribution in [0.3, 0.4) is 0 Å². The number of nitrogens with one attached hydrogen (secondary N) is 1. The SMILES string of the molecule is Cc1cccc(C(=O)Nc2cc3cn(-c4ccc(CO)cc4)nc3cc2C(C)(C)O)n1. The third-order valence-electron chi connectivity index (χ3n) is 5.06. The van der Waals surface area contributed by atoms with Crippen LogP contribution in [0.2, 0.25) is 0 Å². The molecule has 2 heterocycles. The van der Waals surface area contributed by atoms with Crippen molar-refractivity contribution in [2.24, 2.45) is 0 Å². The number of rotatable bonds is 5. The molecule has 3 N–H and O–H groups in total. The minimum absolute atomic E-state index is 0.0187. The van der Waals surface area contributed by atoms with E-state index in [1.54, 1.807) is 36.7 Å². The molecule has 0 spiro atoms. The van der Waals surface area contributed by atoms with Crippen LogP contribution < -0.4 is 5.32 Å². The number of aromatic nitrogens is 3. The van der Waals surface area contributed by atoms with E-state index in [0.29, 0.717) is 22.5 Å². The molecule has 2 aromatic carbocycles. The average molecular weight is 416 g/mol. The van der Waals surface area contributed by atoms with Crippen LogP contribution in [-0.4, -0.2) is 30.9 Å². The molecule has 0 saturated carbocycles. The number of aliphatic hydroxyl groups excluding tert-OH is 1. The molecular weight excluding hydrogens is 392 g/mol. The predicted octanol–water partition coefficient (Wildman–Crippen LogP) is 3.70. The molecule has 0 aliphatic heterocycles. The molecule has 0 aliphatic carbocycles. The van der Waals surface area contributed by atoms with Crippen molar-refractivity contribution in [3.8, 4) is 5.69 Å². The summed E-state index contributed by atoms with van der Waals surface area (Å²) < 4.78 is 1.73. The Kier molecular flexibility index (Phi) is 5.31. The average Bonchev–Trinajstić information content (AvgIpc) is 3.15. The first-order chi connectivity index (χ1) is 14.7. The third-order valence-corrected chi connectivity index (χ3v) is 5.06. The lowest BCUT2D eigenvalue weighted by atomic mass is 9.95. The van der Waals surface area contributed by atoms with Crippen molar-refractivity contribution in [1.29, 1.82) is 0 Å². The Hall–Kier alpha value is -3.55. The zero-order chi connectivity index (χ0) is 22.2. The number of benzene rings is 2. The third kappa shape index (κ3) is 4.33. The molecule has 0 fully saturated rings. The van der Waals surface area contributed by atoms with Gasteiger partial charge in [-0.15, -0.1) is 0 Å². The molecular formula is C24H24N4O3. The zero-order valence-electron chi connectivity index (χ0n) is 17.6. The van der Waals surface area contributed by atoms with Crippen molar-refractivity contribution in [3.05, 3.63) is 83.3 Å². The van der Waals surface area contributed by atoms with Crippen LogP contribution in [0.25, 0.3) is 16.6 Å². The first-order valence-corrected chi connectivity index (χ1v) is 9.96. The number of aliphatic hydroxyl groups is 2. The normalized spacial score (nSPS) is 11.6. The molecule has 4 rings (SSSR count). The maximum Gasteiger partial charge on any atom is 0.274 e. The van der Waals surface area contributed by atoms with Crippen molar-refractivity contribution >= 4 is 22.5 Å². The highest BCUT2D eigenvalue weighted by Crippen LogP contribution is 2.32. The Morgan fingerprint density at radius 1 is 1.13 bits per heavy atom. The van der Waals surface area contributed by atoms with Gasteiger partial charge in [0.15, 0.2) is 0 Å². The van der Waals surface area contributed by atoms with Crippen LogP contribution in [0, 0.1) is 6.92 Å². The molecule has 0 aliphatic rings. The molecule has 2 aromatic heterocycles. The summed E-state index contributed by atoms with van der Waals surface area (Å²) in [7, 11) is 0. The molecule has 0 atom stereocenters. The molecule has 7 heteroatoms. The van der Waals surface area contributed by atoms with E-state index in [1.807, 2.05) is 49.5 Å². The maximum atomic E-state index is 12.8. The molecule has 0 unspecified atom stereocenters. The smallest absolute Gasteiger partial charge is 0.274 e. The standard InChI is InChI=1S/C24H24N4O3/c1-15-5-4-6-20(25-15)23(30)26-22-11-17-13-28(18-9-7-16(14-29)8-10-18)27-21(17)12-19(22)24(2,3)31/h4-13,29,31H,14H2,1-3H3,(H,26,30). The Morgan fingerprint density at radius 3 is 2.52 bits per heavy atom. The van der Waals surface area contributed by atoms with E-state index in [1.165, 1.54) is 0 Å². The van der Waals surface area contributed by atoms with Gasteiger partial charge >= 0.3 is 0 Å². The van der Waals surface area contributed by atoms with Gasteiger partial charge in [-0.2, -0.15) is 5.10 Å². The Bertz CT molecular complexity index is 1250. The zero-order valence-corrected chi connectivity index (χ0v) is 17.6. The lowest BCUT2D eigenvalue weighted by Gasteiger charge is -2.22. The van der Waals surface area contributed by atoms with Crippen molar-refractivity contribution in [1.82, 2.24) is 14.8 Å². The van der Waals surface area contributed by atoms with E-state index in [9.17, 15) is 15.0 Å². The van der Waals surface area contributed by atoms with Gasteiger partial charge < -0.3 is 15.5 Å². The van der Waals surface area contributed by atoms with Crippen LogP contribution in [0.1, 0.15) is 41.2 Å². The second kappa shape index (κ2) is 7.94. The lowest BCUT2D eigenvalue weighted by molar-refractivity contribution is 0.0794. The monoisotopic (exact) mass is 416 g/mol. The quantitative estimate of drug-likeness (QED) is 0.461. The summed E-state index contributed by atoms with van der Waals surface area (Å²) in [5, 5.41) is 28.3. The number of carbonyl (C=O) groups excluding carboxylic acids is 1. The minimum Gasteiger partial charge on any atom is -0.392 e. The summed E-state index contributed by atoms with van der Waals surface area (Å²) >= 11 is 0. The fourth-order valence-corrected chi connectivity index (χ4v) is 3.42. The second-order valence-electron chi connectivity index (χ2n) is 8.03. The Balaban J connectivity index is 1.75. The van der Waals surface area contributed by atoms with E-state index in [2.05, 4.69) is 15.4 Å². The molecule has 31 heavy (non-hydrogen) atoms. The van der Waals surface area contributed by atoms with Crippen molar-refractivity contribution in [2.75, 3.05) is 5.32 Å². The van der Waals surface area contributed by atoms with Crippen molar-refractivity contribution < 1.29 is 15.0 Å². The Labute approximate surface area is 180 Å². The molecule has 4 aromatic rings. The maximum absolute atomic E-state index is 12.8. The highest BCUT2D eigenvalue weighted by atomic mass is 16.3.